The van der Waals surface area contributed by atoms with Gasteiger partial charge in [-0.2, -0.15) is 0 Å². The Morgan fingerprint density at radius 2 is 1.76 bits per heavy atom. The van der Waals surface area contributed by atoms with Gasteiger partial charge in [-0.3, -0.25) is 14.5 Å². The molecule has 1 saturated heterocycles. The second-order valence-corrected chi connectivity index (χ2v) is 5.41. The van der Waals surface area contributed by atoms with Gasteiger partial charge >= 0.3 is 5.97 Å². The molecule has 0 spiro atoms. The Balaban J connectivity index is 2.49. The zero-order valence-corrected chi connectivity index (χ0v) is 13.2. The normalized spacial score (nSPS) is 16.2. The van der Waals surface area contributed by atoms with Crippen LogP contribution >= 0.6 is 0 Å². The molecule has 1 aliphatic heterocycles. The number of likely N-dealkylation sites (tertiary alicyclic amines) is 1. The lowest BCUT2D eigenvalue weighted by Crippen LogP contribution is -2.43. The molecule has 1 heterocycles. The molecule has 21 heavy (non-hydrogen) atoms. The highest BCUT2D eigenvalue weighted by atomic mass is 16.5. The fourth-order valence-corrected chi connectivity index (χ4v) is 2.54. The van der Waals surface area contributed by atoms with Crippen LogP contribution in [-0.4, -0.2) is 61.0 Å². The molecule has 1 amide bonds. The Morgan fingerprint density at radius 1 is 1.14 bits per heavy atom. The predicted octanol–water partition coefficient (Wildman–Crippen LogP) is 1.83. The standard InChI is InChI=1S/C16H28N2O3/c1-3-10-17(14-16(20)21-4-2)13-15(19)18-11-8-6-5-7-9-12-18/h3H,1,4-14H2,2H3. The van der Waals surface area contributed by atoms with Gasteiger partial charge in [0.25, 0.3) is 0 Å². The summed E-state index contributed by atoms with van der Waals surface area (Å²) in [6.07, 6.45) is 7.52. The lowest BCUT2D eigenvalue weighted by Gasteiger charge is -2.27. The Morgan fingerprint density at radius 3 is 2.33 bits per heavy atom. The third kappa shape index (κ3) is 7.27. The molecule has 0 radical (unpaired) electrons. The number of rotatable bonds is 7. The van der Waals surface area contributed by atoms with Crippen LogP contribution in [0, 0.1) is 0 Å². The van der Waals surface area contributed by atoms with Crippen LogP contribution < -0.4 is 0 Å². The van der Waals surface area contributed by atoms with Crippen molar-refractivity contribution in [2.75, 3.05) is 39.3 Å². The van der Waals surface area contributed by atoms with Crippen LogP contribution in [-0.2, 0) is 14.3 Å². The molecule has 0 aliphatic carbocycles. The van der Waals surface area contributed by atoms with Gasteiger partial charge in [-0.25, -0.2) is 0 Å². The van der Waals surface area contributed by atoms with E-state index in [9.17, 15) is 9.59 Å². The summed E-state index contributed by atoms with van der Waals surface area (Å²) < 4.78 is 4.94. The minimum Gasteiger partial charge on any atom is -0.465 e. The SMILES string of the molecule is C=CCN(CC(=O)OCC)CC(=O)N1CCCCCCC1. The molecule has 1 fully saturated rings. The third-order valence-electron chi connectivity index (χ3n) is 3.61. The molecule has 120 valence electrons. The van der Waals surface area contributed by atoms with E-state index in [0.29, 0.717) is 13.2 Å². The van der Waals surface area contributed by atoms with Gasteiger partial charge in [0.2, 0.25) is 5.91 Å². The second kappa shape index (κ2) is 10.4. The number of hydrogen-bond acceptors (Lipinski definition) is 4. The van der Waals surface area contributed by atoms with E-state index in [1.807, 2.05) is 4.90 Å². The van der Waals surface area contributed by atoms with Crippen LogP contribution in [0.3, 0.4) is 0 Å². The van der Waals surface area contributed by atoms with Crippen molar-refractivity contribution >= 4 is 11.9 Å². The predicted molar refractivity (Wildman–Crippen MR) is 82.9 cm³/mol. The van der Waals surface area contributed by atoms with E-state index in [1.54, 1.807) is 17.9 Å². The summed E-state index contributed by atoms with van der Waals surface area (Å²) in [5.41, 5.74) is 0. The van der Waals surface area contributed by atoms with E-state index in [2.05, 4.69) is 6.58 Å². The molecule has 0 bridgehead atoms. The first-order valence-corrected chi connectivity index (χ1v) is 7.94. The van der Waals surface area contributed by atoms with Gasteiger partial charge in [0.15, 0.2) is 0 Å². The van der Waals surface area contributed by atoms with Gasteiger partial charge in [-0.15, -0.1) is 6.58 Å². The fourth-order valence-electron chi connectivity index (χ4n) is 2.54. The molecule has 0 saturated carbocycles. The maximum absolute atomic E-state index is 12.4. The van der Waals surface area contributed by atoms with Crippen molar-refractivity contribution < 1.29 is 14.3 Å². The lowest BCUT2D eigenvalue weighted by atomic mass is 10.1. The number of nitrogens with zero attached hydrogens (tertiary/aromatic N) is 2. The summed E-state index contributed by atoms with van der Waals surface area (Å²) in [6.45, 7) is 8.40. The van der Waals surface area contributed by atoms with Crippen molar-refractivity contribution in [1.29, 1.82) is 0 Å². The first-order chi connectivity index (χ1) is 10.2. The monoisotopic (exact) mass is 296 g/mol. The Bertz CT molecular complexity index is 336. The lowest BCUT2D eigenvalue weighted by molar-refractivity contribution is -0.145. The minimum absolute atomic E-state index is 0.100. The van der Waals surface area contributed by atoms with Gasteiger partial charge in [0.05, 0.1) is 19.7 Å². The van der Waals surface area contributed by atoms with Crippen molar-refractivity contribution in [3.8, 4) is 0 Å². The van der Waals surface area contributed by atoms with E-state index >= 15 is 0 Å². The van der Waals surface area contributed by atoms with Gasteiger partial charge in [0.1, 0.15) is 0 Å². The highest BCUT2D eigenvalue weighted by Gasteiger charge is 2.19. The first-order valence-electron chi connectivity index (χ1n) is 7.94. The molecule has 1 rings (SSSR count). The van der Waals surface area contributed by atoms with E-state index in [4.69, 9.17) is 4.74 Å². The molecule has 0 aromatic heterocycles. The smallest absolute Gasteiger partial charge is 0.320 e. The highest BCUT2D eigenvalue weighted by molar-refractivity contribution is 5.79. The molecule has 5 nitrogen and oxygen atoms in total. The van der Waals surface area contributed by atoms with E-state index in [-0.39, 0.29) is 25.0 Å². The molecule has 0 aromatic rings. The zero-order valence-electron chi connectivity index (χ0n) is 13.2. The summed E-state index contributed by atoms with van der Waals surface area (Å²) in [5, 5.41) is 0. The summed E-state index contributed by atoms with van der Waals surface area (Å²) in [7, 11) is 0. The quantitative estimate of drug-likeness (QED) is 0.531. The molecule has 0 unspecified atom stereocenters. The summed E-state index contributed by atoms with van der Waals surface area (Å²) >= 11 is 0. The van der Waals surface area contributed by atoms with Crippen molar-refractivity contribution in [2.24, 2.45) is 0 Å². The molecule has 5 heteroatoms. The van der Waals surface area contributed by atoms with E-state index in [0.717, 1.165) is 25.9 Å². The maximum Gasteiger partial charge on any atom is 0.320 e. The second-order valence-electron chi connectivity index (χ2n) is 5.41. The van der Waals surface area contributed by atoms with Crippen LogP contribution in [0.1, 0.15) is 39.0 Å². The zero-order chi connectivity index (χ0) is 15.5. The molecule has 0 aromatic carbocycles. The van der Waals surface area contributed by atoms with Crippen molar-refractivity contribution in [3.05, 3.63) is 12.7 Å². The van der Waals surface area contributed by atoms with Crippen LogP contribution in [0.2, 0.25) is 0 Å². The molecule has 1 aliphatic rings. The topological polar surface area (TPSA) is 49.9 Å². The number of esters is 1. The Hall–Kier alpha value is -1.36. The number of carbonyl (C=O) groups excluding carboxylic acids is 2. The maximum atomic E-state index is 12.4. The summed E-state index contributed by atoms with van der Waals surface area (Å²) in [5.74, 6) is -0.192. The molecular weight excluding hydrogens is 268 g/mol. The average molecular weight is 296 g/mol. The number of amides is 1. The average Bonchev–Trinajstić information content (AvgIpc) is 2.38. The van der Waals surface area contributed by atoms with Crippen LogP contribution in [0.25, 0.3) is 0 Å². The number of ether oxygens (including phenoxy) is 1. The van der Waals surface area contributed by atoms with Crippen LogP contribution in [0.15, 0.2) is 12.7 Å². The summed E-state index contributed by atoms with van der Waals surface area (Å²) in [6, 6.07) is 0. The molecular formula is C16H28N2O3. The number of carbonyl (C=O) groups is 2. The summed E-state index contributed by atoms with van der Waals surface area (Å²) in [4.78, 5) is 27.7. The van der Waals surface area contributed by atoms with Crippen LogP contribution in [0.4, 0.5) is 0 Å². The number of hydrogen-bond donors (Lipinski definition) is 0. The van der Waals surface area contributed by atoms with Gasteiger partial charge in [0, 0.05) is 19.6 Å². The van der Waals surface area contributed by atoms with Crippen molar-refractivity contribution in [2.45, 2.75) is 39.0 Å². The van der Waals surface area contributed by atoms with Gasteiger partial charge in [-0.05, 0) is 19.8 Å². The van der Waals surface area contributed by atoms with E-state index < -0.39 is 0 Å². The largest absolute Gasteiger partial charge is 0.465 e. The Labute approximate surface area is 127 Å². The van der Waals surface area contributed by atoms with E-state index in [1.165, 1.54) is 19.3 Å². The van der Waals surface area contributed by atoms with Crippen molar-refractivity contribution in [3.63, 3.8) is 0 Å². The van der Waals surface area contributed by atoms with Gasteiger partial charge < -0.3 is 9.64 Å². The minimum atomic E-state index is -0.292. The van der Waals surface area contributed by atoms with Crippen LogP contribution in [0.5, 0.6) is 0 Å². The molecule has 0 N–H and O–H groups in total. The van der Waals surface area contributed by atoms with Crippen molar-refractivity contribution in [1.82, 2.24) is 9.80 Å². The first kappa shape index (κ1) is 17.7. The Kier molecular flexibility index (Phi) is 8.74. The fraction of sp³-hybridized carbons (Fsp3) is 0.750. The van der Waals surface area contributed by atoms with Gasteiger partial charge in [-0.1, -0.05) is 25.3 Å². The highest BCUT2D eigenvalue weighted by Crippen LogP contribution is 2.11. The third-order valence-corrected chi connectivity index (χ3v) is 3.61. The molecule has 0 atom stereocenters.